The fourth-order valence-corrected chi connectivity index (χ4v) is 2.13. The molecule has 0 spiro atoms. The highest BCUT2D eigenvalue weighted by atomic mass is 16.4. The Hall–Kier alpha value is -1.13. The molecule has 4 unspecified atom stereocenters. The van der Waals surface area contributed by atoms with Crippen LogP contribution in [-0.2, 0) is 4.79 Å². The van der Waals surface area contributed by atoms with E-state index in [1.807, 2.05) is 12.2 Å². The average molecular weight is 240 g/mol. The molecule has 17 heavy (non-hydrogen) atoms. The van der Waals surface area contributed by atoms with Gasteiger partial charge in [0.15, 0.2) is 0 Å². The number of aliphatic hydroxyl groups is 2. The Morgan fingerprint density at radius 2 is 2.06 bits per heavy atom. The smallest absolute Gasteiger partial charge is 0.309 e. The van der Waals surface area contributed by atoms with E-state index in [4.69, 9.17) is 5.11 Å². The van der Waals surface area contributed by atoms with Crippen molar-refractivity contribution < 1.29 is 20.1 Å². The van der Waals surface area contributed by atoms with E-state index in [2.05, 4.69) is 6.92 Å². The molecule has 4 heteroatoms. The number of allylic oxidation sites excluding steroid dienone is 4. The lowest BCUT2D eigenvalue weighted by molar-refractivity contribution is -0.146. The van der Waals surface area contributed by atoms with E-state index in [9.17, 15) is 15.0 Å². The van der Waals surface area contributed by atoms with Gasteiger partial charge < -0.3 is 15.3 Å². The van der Waals surface area contributed by atoms with Crippen LogP contribution >= 0.6 is 0 Å². The largest absolute Gasteiger partial charge is 0.481 e. The van der Waals surface area contributed by atoms with Crippen LogP contribution in [0.1, 0.15) is 26.2 Å². The number of carboxylic acid groups (broad SMARTS) is 1. The van der Waals surface area contributed by atoms with Gasteiger partial charge in [0, 0.05) is 0 Å². The highest BCUT2D eigenvalue weighted by Gasteiger charge is 2.44. The lowest BCUT2D eigenvalue weighted by atomic mass is 9.94. The molecule has 0 aromatic carbocycles. The highest BCUT2D eigenvalue weighted by molar-refractivity contribution is 5.72. The lowest BCUT2D eigenvalue weighted by Crippen LogP contribution is -2.31. The predicted molar refractivity (Wildman–Crippen MR) is 64.4 cm³/mol. The summed E-state index contributed by atoms with van der Waals surface area (Å²) in [6.45, 7) is 2.08. The molecule has 0 amide bonds. The van der Waals surface area contributed by atoms with E-state index in [0.717, 1.165) is 12.8 Å². The van der Waals surface area contributed by atoms with E-state index >= 15 is 0 Å². The summed E-state index contributed by atoms with van der Waals surface area (Å²) >= 11 is 0. The quantitative estimate of drug-likeness (QED) is 0.634. The molecule has 1 saturated carbocycles. The van der Waals surface area contributed by atoms with Crippen molar-refractivity contribution in [3.8, 4) is 0 Å². The van der Waals surface area contributed by atoms with Gasteiger partial charge in [-0.3, -0.25) is 4.79 Å². The summed E-state index contributed by atoms with van der Waals surface area (Å²) in [7, 11) is 0. The zero-order valence-electron chi connectivity index (χ0n) is 9.99. The molecule has 1 rings (SSSR count). The first-order chi connectivity index (χ1) is 8.07. The van der Waals surface area contributed by atoms with Gasteiger partial charge in [-0.25, -0.2) is 0 Å². The number of hydrogen-bond acceptors (Lipinski definition) is 3. The molecule has 1 fully saturated rings. The van der Waals surface area contributed by atoms with Crippen LogP contribution in [0.3, 0.4) is 0 Å². The number of hydrogen-bond donors (Lipinski definition) is 3. The van der Waals surface area contributed by atoms with Gasteiger partial charge in [-0.2, -0.15) is 0 Å². The van der Waals surface area contributed by atoms with Gasteiger partial charge in [0.25, 0.3) is 0 Å². The molecular formula is C13H20O4. The summed E-state index contributed by atoms with van der Waals surface area (Å²) in [6.07, 6.45) is 7.69. The van der Waals surface area contributed by atoms with Crippen LogP contribution < -0.4 is 0 Å². The van der Waals surface area contributed by atoms with Gasteiger partial charge in [-0.05, 0) is 18.8 Å². The molecule has 0 aromatic heterocycles. The van der Waals surface area contributed by atoms with E-state index in [1.165, 1.54) is 0 Å². The van der Waals surface area contributed by atoms with Crippen LogP contribution in [0, 0.1) is 11.8 Å². The van der Waals surface area contributed by atoms with Gasteiger partial charge in [0.05, 0.1) is 18.1 Å². The number of carboxylic acids is 1. The zero-order valence-corrected chi connectivity index (χ0v) is 9.99. The molecule has 0 bridgehead atoms. The van der Waals surface area contributed by atoms with Crippen LogP contribution in [0.25, 0.3) is 0 Å². The van der Waals surface area contributed by atoms with Crippen molar-refractivity contribution in [1.29, 1.82) is 0 Å². The number of rotatable bonds is 5. The van der Waals surface area contributed by atoms with Crippen molar-refractivity contribution in [3.05, 3.63) is 24.3 Å². The van der Waals surface area contributed by atoms with E-state index in [-0.39, 0.29) is 5.92 Å². The molecule has 0 radical (unpaired) electrons. The summed E-state index contributed by atoms with van der Waals surface area (Å²) in [5, 5.41) is 28.0. The van der Waals surface area contributed by atoms with Gasteiger partial charge in [-0.1, -0.05) is 37.6 Å². The summed E-state index contributed by atoms with van der Waals surface area (Å²) in [5.74, 6) is -2.26. The molecule has 4 nitrogen and oxygen atoms in total. The van der Waals surface area contributed by atoms with Gasteiger partial charge >= 0.3 is 5.97 Å². The molecule has 0 aromatic rings. The Balaban J connectivity index is 2.60. The fourth-order valence-electron chi connectivity index (χ4n) is 2.13. The predicted octanol–water partition coefficient (Wildman–Crippen LogP) is 1.34. The fraction of sp³-hybridized carbons (Fsp3) is 0.615. The maximum Gasteiger partial charge on any atom is 0.309 e. The van der Waals surface area contributed by atoms with Gasteiger partial charge in [-0.15, -0.1) is 0 Å². The summed E-state index contributed by atoms with van der Waals surface area (Å²) in [5.41, 5.74) is 0. The van der Waals surface area contributed by atoms with Crippen molar-refractivity contribution >= 4 is 5.97 Å². The minimum atomic E-state index is -1.17. The normalized spacial score (nSPS) is 33.8. The summed E-state index contributed by atoms with van der Waals surface area (Å²) in [6, 6.07) is 0. The first-order valence-corrected chi connectivity index (χ1v) is 6.00. The third-order valence-corrected chi connectivity index (χ3v) is 3.08. The topological polar surface area (TPSA) is 77.8 Å². The van der Waals surface area contributed by atoms with Crippen molar-refractivity contribution in [2.24, 2.45) is 11.8 Å². The van der Waals surface area contributed by atoms with Crippen molar-refractivity contribution in [2.45, 2.75) is 38.4 Å². The Labute approximate surface area is 101 Å². The van der Waals surface area contributed by atoms with Crippen LogP contribution in [0.5, 0.6) is 0 Å². The zero-order chi connectivity index (χ0) is 12.8. The Bertz CT molecular complexity index is 309. The standard InChI is InChI=1S/C13H20O4/c1-2-3-4-5-6-7-9-8-10(14)12(15)11(9)13(16)17/h4-7,9-12,14-15H,2-3,8H2,1H3,(H,16,17)/b5-4+,7-6+. The van der Waals surface area contributed by atoms with Crippen molar-refractivity contribution in [3.63, 3.8) is 0 Å². The number of unbranched alkanes of at least 4 members (excludes halogenated alkanes) is 1. The van der Waals surface area contributed by atoms with Crippen LogP contribution in [0.4, 0.5) is 0 Å². The number of carbonyl (C=O) groups is 1. The van der Waals surface area contributed by atoms with Gasteiger partial charge in [0.1, 0.15) is 0 Å². The monoisotopic (exact) mass is 240 g/mol. The Morgan fingerprint density at radius 3 is 2.65 bits per heavy atom. The van der Waals surface area contributed by atoms with E-state index in [0.29, 0.717) is 6.42 Å². The lowest BCUT2D eigenvalue weighted by Gasteiger charge is -2.14. The second-order valence-corrected chi connectivity index (χ2v) is 4.42. The molecule has 0 aliphatic heterocycles. The average Bonchev–Trinajstić information content (AvgIpc) is 2.54. The maximum absolute atomic E-state index is 11.0. The molecular weight excluding hydrogens is 220 g/mol. The summed E-state index contributed by atoms with van der Waals surface area (Å²) in [4.78, 5) is 11.0. The van der Waals surface area contributed by atoms with E-state index < -0.39 is 24.1 Å². The van der Waals surface area contributed by atoms with Crippen LogP contribution in [0.2, 0.25) is 0 Å². The first kappa shape index (κ1) is 13.9. The minimum absolute atomic E-state index is 0.302. The molecule has 96 valence electrons. The Kier molecular flexibility index (Phi) is 5.38. The SMILES string of the molecule is CCC/C=C/C=C/C1CC(O)C(O)C1C(=O)O. The van der Waals surface area contributed by atoms with Crippen molar-refractivity contribution in [1.82, 2.24) is 0 Å². The van der Waals surface area contributed by atoms with E-state index in [1.54, 1.807) is 12.2 Å². The maximum atomic E-state index is 11.0. The molecule has 4 atom stereocenters. The molecule has 0 saturated heterocycles. The first-order valence-electron chi connectivity index (χ1n) is 6.00. The van der Waals surface area contributed by atoms with Crippen LogP contribution in [-0.4, -0.2) is 33.5 Å². The minimum Gasteiger partial charge on any atom is -0.481 e. The third kappa shape index (κ3) is 3.68. The molecule has 3 N–H and O–H groups in total. The van der Waals surface area contributed by atoms with Crippen molar-refractivity contribution in [2.75, 3.05) is 0 Å². The number of aliphatic carboxylic acids is 1. The second-order valence-electron chi connectivity index (χ2n) is 4.42. The molecule has 1 aliphatic carbocycles. The molecule has 0 heterocycles. The molecule has 1 aliphatic rings. The van der Waals surface area contributed by atoms with Crippen LogP contribution in [0.15, 0.2) is 24.3 Å². The third-order valence-electron chi connectivity index (χ3n) is 3.08. The number of aliphatic hydroxyl groups excluding tert-OH is 2. The highest BCUT2D eigenvalue weighted by Crippen LogP contribution is 2.33. The Morgan fingerprint density at radius 1 is 1.35 bits per heavy atom. The second kappa shape index (κ2) is 6.57. The summed E-state index contributed by atoms with van der Waals surface area (Å²) < 4.78 is 0. The van der Waals surface area contributed by atoms with Gasteiger partial charge in [0.2, 0.25) is 0 Å².